The van der Waals surface area contributed by atoms with Crippen molar-refractivity contribution in [3.8, 4) is 0 Å². The fourth-order valence-electron chi connectivity index (χ4n) is 1.93. The monoisotopic (exact) mass is 293 g/mol. The number of ether oxygens (including phenoxy) is 1. The van der Waals surface area contributed by atoms with Gasteiger partial charge in [0.15, 0.2) is 6.23 Å². The lowest BCUT2D eigenvalue weighted by Gasteiger charge is -2.15. The second kappa shape index (κ2) is 6.31. The quantitative estimate of drug-likeness (QED) is 0.766. The highest BCUT2D eigenvalue weighted by molar-refractivity contribution is 5.87. The molecule has 8 heteroatoms. The topological polar surface area (TPSA) is 111 Å². The molecule has 0 saturated heterocycles. The van der Waals surface area contributed by atoms with E-state index in [1.165, 1.54) is 23.8 Å². The number of hydrogen-bond acceptors (Lipinski definition) is 5. The normalized spacial score (nSPS) is 20.4. The zero-order chi connectivity index (χ0) is 15.4. The number of carboxylic acids is 1. The Morgan fingerprint density at radius 2 is 2.24 bits per heavy atom. The van der Waals surface area contributed by atoms with Gasteiger partial charge in [0, 0.05) is 19.5 Å². The van der Waals surface area contributed by atoms with Crippen LogP contribution in [0.4, 0.5) is 5.82 Å². The zero-order valence-corrected chi connectivity index (χ0v) is 11.4. The summed E-state index contributed by atoms with van der Waals surface area (Å²) in [4.78, 5) is 37.0. The van der Waals surface area contributed by atoms with E-state index in [0.717, 1.165) is 0 Å². The van der Waals surface area contributed by atoms with Crippen molar-refractivity contribution in [3.63, 3.8) is 0 Å². The predicted octanol–water partition coefficient (Wildman–Crippen LogP) is 0.520. The van der Waals surface area contributed by atoms with E-state index in [4.69, 9.17) is 9.84 Å². The lowest BCUT2D eigenvalue weighted by atomic mass is 10.2. The summed E-state index contributed by atoms with van der Waals surface area (Å²) in [6.45, 7) is 1.32. The number of carbonyl (C=O) groups excluding carboxylic acids is 1. The maximum atomic E-state index is 11.9. The number of nitrogens with zero attached hydrogens (tertiary/aromatic N) is 2. The number of aliphatic carboxylic acids is 1. The van der Waals surface area contributed by atoms with Gasteiger partial charge in [-0.2, -0.15) is 4.98 Å². The Morgan fingerprint density at radius 1 is 1.48 bits per heavy atom. The fraction of sp³-hybridized carbons (Fsp3) is 0.385. The number of amides is 1. The van der Waals surface area contributed by atoms with E-state index in [-0.39, 0.29) is 24.2 Å². The minimum atomic E-state index is -0.894. The van der Waals surface area contributed by atoms with Crippen molar-refractivity contribution in [3.05, 3.63) is 34.9 Å². The number of carbonyl (C=O) groups is 2. The predicted molar refractivity (Wildman–Crippen MR) is 72.7 cm³/mol. The van der Waals surface area contributed by atoms with Crippen LogP contribution in [0.15, 0.2) is 29.2 Å². The van der Waals surface area contributed by atoms with Crippen LogP contribution in [0.2, 0.25) is 0 Å². The van der Waals surface area contributed by atoms with Crippen molar-refractivity contribution in [2.75, 3.05) is 5.32 Å². The SMILES string of the molecule is CC(=O)Nc1ccn([C@H]2C=C[C@@H](CCC(=O)O)O2)c(=O)n1. The Balaban J connectivity index is 2.03. The van der Waals surface area contributed by atoms with Gasteiger partial charge in [-0.1, -0.05) is 6.08 Å². The molecule has 2 heterocycles. The highest BCUT2D eigenvalue weighted by Gasteiger charge is 2.22. The lowest BCUT2D eigenvalue weighted by Crippen LogP contribution is -2.28. The van der Waals surface area contributed by atoms with Crippen LogP contribution >= 0.6 is 0 Å². The van der Waals surface area contributed by atoms with Gasteiger partial charge < -0.3 is 15.2 Å². The molecule has 0 fully saturated rings. The van der Waals surface area contributed by atoms with E-state index in [0.29, 0.717) is 6.42 Å². The van der Waals surface area contributed by atoms with Gasteiger partial charge in [-0.15, -0.1) is 0 Å². The Labute approximate surface area is 120 Å². The third kappa shape index (κ3) is 3.99. The first kappa shape index (κ1) is 14.9. The number of rotatable bonds is 5. The van der Waals surface area contributed by atoms with Crippen LogP contribution in [0.5, 0.6) is 0 Å². The van der Waals surface area contributed by atoms with Crippen LogP contribution in [-0.4, -0.2) is 32.6 Å². The standard InChI is InChI=1S/C13H15N3O5/c1-8(17)14-10-6-7-16(13(20)15-10)11-4-2-9(21-11)3-5-12(18)19/h2,4,6-7,9,11H,3,5H2,1H3,(H,18,19)(H,14,15,17,20)/t9-,11+/m0/s1. The van der Waals surface area contributed by atoms with Gasteiger partial charge in [0.05, 0.1) is 6.10 Å². The van der Waals surface area contributed by atoms with E-state index < -0.39 is 17.9 Å². The number of nitrogens with one attached hydrogen (secondary N) is 1. The second-order valence-electron chi connectivity index (χ2n) is 4.57. The van der Waals surface area contributed by atoms with Crippen molar-refractivity contribution in [2.24, 2.45) is 0 Å². The zero-order valence-electron chi connectivity index (χ0n) is 11.4. The van der Waals surface area contributed by atoms with E-state index in [2.05, 4.69) is 10.3 Å². The van der Waals surface area contributed by atoms with Gasteiger partial charge in [0.2, 0.25) is 5.91 Å². The summed E-state index contributed by atoms with van der Waals surface area (Å²) >= 11 is 0. The Kier molecular flexibility index (Phi) is 4.49. The molecular weight excluding hydrogens is 278 g/mol. The van der Waals surface area contributed by atoms with E-state index >= 15 is 0 Å². The molecule has 112 valence electrons. The molecule has 1 aromatic heterocycles. The molecule has 0 saturated carbocycles. The maximum absolute atomic E-state index is 11.9. The fourth-order valence-corrected chi connectivity index (χ4v) is 1.93. The minimum absolute atomic E-state index is 0.00363. The van der Waals surface area contributed by atoms with Gasteiger partial charge >= 0.3 is 11.7 Å². The third-order valence-electron chi connectivity index (χ3n) is 2.86. The van der Waals surface area contributed by atoms with Crippen LogP contribution in [0.1, 0.15) is 26.0 Å². The highest BCUT2D eigenvalue weighted by atomic mass is 16.5. The van der Waals surface area contributed by atoms with E-state index in [1.807, 2.05) is 0 Å². The molecule has 1 aromatic rings. The average Bonchev–Trinajstić information content (AvgIpc) is 2.84. The van der Waals surface area contributed by atoms with E-state index in [9.17, 15) is 14.4 Å². The van der Waals surface area contributed by atoms with E-state index in [1.54, 1.807) is 12.2 Å². The summed E-state index contributed by atoms with van der Waals surface area (Å²) in [6.07, 6.45) is 4.25. The van der Waals surface area contributed by atoms with Crippen molar-refractivity contribution < 1.29 is 19.4 Å². The van der Waals surface area contributed by atoms with Crippen molar-refractivity contribution in [2.45, 2.75) is 32.1 Å². The molecule has 2 N–H and O–H groups in total. The summed E-state index contributed by atoms with van der Waals surface area (Å²) in [5.74, 6) is -1.03. The molecular formula is C13H15N3O5. The molecule has 2 atom stereocenters. The lowest BCUT2D eigenvalue weighted by molar-refractivity contribution is -0.137. The Morgan fingerprint density at radius 3 is 2.86 bits per heavy atom. The summed E-state index contributed by atoms with van der Waals surface area (Å²) < 4.78 is 6.83. The molecule has 0 aromatic carbocycles. The van der Waals surface area contributed by atoms with Gasteiger partial charge in [0.1, 0.15) is 5.82 Å². The highest BCUT2D eigenvalue weighted by Crippen LogP contribution is 2.22. The number of aromatic nitrogens is 2. The van der Waals surface area contributed by atoms with Gasteiger partial charge in [-0.05, 0) is 18.6 Å². The molecule has 0 bridgehead atoms. The third-order valence-corrected chi connectivity index (χ3v) is 2.86. The molecule has 0 spiro atoms. The van der Waals surface area contributed by atoms with Gasteiger partial charge in [0.25, 0.3) is 0 Å². The van der Waals surface area contributed by atoms with Crippen LogP contribution in [-0.2, 0) is 14.3 Å². The first-order valence-electron chi connectivity index (χ1n) is 6.38. The molecule has 2 rings (SSSR count). The van der Waals surface area contributed by atoms with Gasteiger partial charge in [-0.25, -0.2) is 4.79 Å². The van der Waals surface area contributed by atoms with Crippen LogP contribution in [0.3, 0.4) is 0 Å². The van der Waals surface area contributed by atoms with Crippen molar-refractivity contribution in [1.29, 1.82) is 0 Å². The smallest absolute Gasteiger partial charge is 0.351 e. The molecule has 1 aliphatic rings. The van der Waals surface area contributed by atoms with Crippen molar-refractivity contribution >= 4 is 17.7 Å². The maximum Gasteiger partial charge on any atom is 0.351 e. The second-order valence-corrected chi connectivity index (χ2v) is 4.57. The van der Waals surface area contributed by atoms with Crippen molar-refractivity contribution in [1.82, 2.24) is 9.55 Å². The van der Waals surface area contributed by atoms with Crippen LogP contribution < -0.4 is 11.0 Å². The first-order valence-corrected chi connectivity index (χ1v) is 6.38. The Hall–Kier alpha value is -2.48. The number of carboxylic acid groups (broad SMARTS) is 1. The molecule has 21 heavy (non-hydrogen) atoms. The summed E-state index contributed by atoms with van der Waals surface area (Å²) in [5, 5.41) is 11.0. The molecule has 0 aliphatic carbocycles. The summed E-state index contributed by atoms with van der Waals surface area (Å²) in [6, 6.07) is 1.49. The molecule has 0 radical (unpaired) electrons. The Bertz CT molecular complexity index is 637. The largest absolute Gasteiger partial charge is 0.481 e. The molecule has 8 nitrogen and oxygen atoms in total. The average molecular weight is 293 g/mol. The van der Waals surface area contributed by atoms with Crippen LogP contribution in [0, 0.1) is 0 Å². The van der Waals surface area contributed by atoms with Crippen LogP contribution in [0.25, 0.3) is 0 Å². The first-order chi connectivity index (χ1) is 9.95. The summed E-state index contributed by atoms with van der Waals surface area (Å²) in [7, 11) is 0. The molecule has 0 unspecified atom stereocenters. The summed E-state index contributed by atoms with van der Waals surface area (Å²) in [5.41, 5.74) is -0.560. The molecule has 1 amide bonds. The van der Waals surface area contributed by atoms with Gasteiger partial charge in [-0.3, -0.25) is 14.2 Å². The number of anilines is 1. The minimum Gasteiger partial charge on any atom is -0.481 e. The number of hydrogen-bond donors (Lipinski definition) is 2. The molecule has 1 aliphatic heterocycles.